The summed E-state index contributed by atoms with van der Waals surface area (Å²) >= 11 is 1.47. The molecule has 0 aliphatic heterocycles. The van der Waals surface area contributed by atoms with E-state index >= 15 is 0 Å². The molecule has 98 valence electrons. The number of rotatable bonds is 3. The lowest BCUT2D eigenvalue weighted by atomic mass is 10.2. The smallest absolute Gasteiger partial charge is 0.258 e. The van der Waals surface area contributed by atoms with Crippen LogP contribution in [-0.2, 0) is 0 Å². The molecule has 0 spiro atoms. The summed E-state index contributed by atoms with van der Waals surface area (Å²) in [4.78, 5) is 12.8. The van der Waals surface area contributed by atoms with Crippen LogP contribution in [-0.4, -0.2) is 12.2 Å². The molecule has 0 heterocycles. The van der Waals surface area contributed by atoms with Gasteiger partial charge < -0.3 is 5.32 Å². The maximum atomic E-state index is 13.5. The highest BCUT2D eigenvalue weighted by Gasteiger charge is 2.13. The number of hydrogen-bond donors (Lipinski definition) is 1. The minimum absolute atomic E-state index is 0.183. The molecule has 0 aliphatic rings. The molecule has 0 aliphatic carbocycles. The van der Waals surface area contributed by atoms with Crippen molar-refractivity contribution in [3.05, 3.63) is 59.7 Å². The van der Waals surface area contributed by atoms with E-state index in [1.54, 1.807) is 12.1 Å². The van der Waals surface area contributed by atoms with Crippen molar-refractivity contribution in [1.82, 2.24) is 0 Å². The average Bonchev–Trinajstić information content (AvgIpc) is 2.39. The van der Waals surface area contributed by atoms with Gasteiger partial charge in [0.05, 0.1) is 11.3 Å². The van der Waals surface area contributed by atoms with Gasteiger partial charge in [-0.15, -0.1) is 11.8 Å². The Hall–Kier alpha value is -1.88. The quantitative estimate of drug-likeness (QED) is 0.862. The van der Waals surface area contributed by atoms with Crippen LogP contribution in [0.1, 0.15) is 10.4 Å². The van der Waals surface area contributed by atoms with E-state index in [0.29, 0.717) is 11.8 Å². The summed E-state index contributed by atoms with van der Waals surface area (Å²) in [6.45, 7) is 0. The SMILES string of the molecule is CSc1ccccc1NC(=O)c1ccc(F)cc1F. The van der Waals surface area contributed by atoms with Gasteiger partial charge in [0.2, 0.25) is 0 Å². The first-order valence-corrected chi connectivity index (χ1v) is 6.73. The highest BCUT2D eigenvalue weighted by Crippen LogP contribution is 2.25. The van der Waals surface area contributed by atoms with Gasteiger partial charge >= 0.3 is 0 Å². The van der Waals surface area contributed by atoms with Crippen LogP contribution in [0.25, 0.3) is 0 Å². The first-order chi connectivity index (χ1) is 9.11. The topological polar surface area (TPSA) is 29.1 Å². The maximum absolute atomic E-state index is 13.5. The van der Waals surface area contributed by atoms with Crippen LogP contribution in [0.4, 0.5) is 14.5 Å². The predicted octanol–water partition coefficient (Wildman–Crippen LogP) is 3.94. The molecule has 0 radical (unpaired) electrons. The molecule has 2 aromatic rings. The van der Waals surface area contributed by atoms with E-state index in [4.69, 9.17) is 0 Å². The van der Waals surface area contributed by atoms with E-state index in [-0.39, 0.29) is 5.56 Å². The minimum atomic E-state index is -0.876. The van der Waals surface area contributed by atoms with Crippen LogP contribution in [0.5, 0.6) is 0 Å². The number of carbonyl (C=O) groups excluding carboxylic acids is 1. The lowest BCUT2D eigenvalue weighted by Gasteiger charge is -2.09. The van der Waals surface area contributed by atoms with Crippen LogP contribution in [0.15, 0.2) is 47.4 Å². The lowest BCUT2D eigenvalue weighted by Crippen LogP contribution is -2.14. The van der Waals surface area contributed by atoms with Crippen molar-refractivity contribution in [1.29, 1.82) is 0 Å². The number of hydrogen-bond acceptors (Lipinski definition) is 2. The molecule has 0 saturated heterocycles. The van der Waals surface area contributed by atoms with Gasteiger partial charge in [0.1, 0.15) is 11.6 Å². The standard InChI is InChI=1S/C14H11F2NOS/c1-19-13-5-3-2-4-12(13)17-14(18)10-7-6-9(15)8-11(10)16/h2-8H,1H3,(H,17,18). The molecule has 0 unspecified atom stereocenters. The largest absolute Gasteiger partial charge is 0.321 e. The number of benzene rings is 2. The number of carbonyl (C=O) groups is 1. The van der Waals surface area contributed by atoms with Crippen molar-refractivity contribution in [3.8, 4) is 0 Å². The molecule has 1 N–H and O–H groups in total. The van der Waals surface area contributed by atoms with E-state index in [0.717, 1.165) is 17.0 Å². The van der Waals surface area contributed by atoms with E-state index < -0.39 is 17.5 Å². The van der Waals surface area contributed by atoms with Gasteiger partial charge in [-0.1, -0.05) is 12.1 Å². The Morgan fingerprint density at radius 3 is 2.58 bits per heavy atom. The van der Waals surface area contributed by atoms with Gasteiger partial charge in [-0.3, -0.25) is 4.79 Å². The van der Waals surface area contributed by atoms with Gasteiger partial charge in [-0.2, -0.15) is 0 Å². The van der Waals surface area contributed by atoms with Gasteiger partial charge in [-0.25, -0.2) is 8.78 Å². The van der Waals surface area contributed by atoms with Crippen molar-refractivity contribution in [2.75, 3.05) is 11.6 Å². The highest BCUT2D eigenvalue weighted by molar-refractivity contribution is 7.98. The molecule has 0 fully saturated rings. The molecule has 1 amide bonds. The number of nitrogens with one attached hydrogen (secondary N) is 1. The van der Waals surface area contributed by atoms with Gasteiger partial charge in [-0.05, 0) is 30.5 Å². The zero-order valence-corrected chi connectivity index (χ0v) is 10.9. The number of halogens is 2. The Morgan fingerprint density at radius 1 is 1.16 bits per heavy atom. The molecule has 2 aromatic carbocycles. The van der Waals surface area contributed by atoms with Gasteiger partial charge in [0.25, 0.3) is 5.91 Å². The summed E-state index contributed by atoms with van der Waals surface area (Å²) in [7, 11) is 0. The van der Waals surface area contributed by atoms with Crippen LogP contribution in [0.2, 0.25) is 0 Å². The molecule has 0 saturated carbocycles. The molecule has 0 bridgehead atoms. The Bertz CT molecular complexity index is 616. The second kappa shape index (κ2) is 5.84. The van der Waals surface area contributed by atoms with Crippen molar-refractivity contribution >= 4 is 23.4 Å². The first-order valence-electron chi connectivity index (χ1n) is 5.51. The highest BCUT2D eigenvalue weighted by atomic mass is 32.2. The second-order valence-corrected chi connectivity index (χ2v) is 4.63. The summed E-state index contributed by atoms with van der Waals surface area (Å²) in [6.07, 6.45) is 1.88. The van der Waals surface area contributed by atoms with Gasteiger partial charge in [0.15, 0.2) is 0 Å². The fraction of sp³-hybridized carbons (Fsp3) is 0.0714. The predicted molar refractivity (Wildman–Crippen MR) is 72.5 cm³/mol. The third-order valence-electron chi connectivity index (χ3n) is 2.53. The third kappa shape index (κ3) is 3.12. The first kappa shape index (κ1) is 13.5. The fourth-order valence-corrected chi connectivity index (χ4v) is 2.16. The molecule has 2 rings (SSSR count). The lowest BCUT2D eigenvalue weighted by molar-refractivity contribution is 0.102. The molecule has 5 heteroatoms. The number of anilines is 1. The molecule has 2 nitrogen and oxygen atoms in total. The Balaban J connectivity index is 2.26. The Morgan fingerprint density at radius 2 is 1.89 bits per heavy atom. The molecular formula is C14H11F2NOS. The van der Waals surface area contributed by atoms with E-state index in [1.807, 2.05) is 18.4 Å². The van der Waals surface area contributed by atoms with Crippen LogP contribution in [0.3, 0.4) is 0 Å². The van der Waals surface area contributed by atoms with Crippen molar-refractivity contribution in [3.63, 3.8) is 0 Å². The zero-order chi connectivity index (χ0) is 13.8. The summed E-state index contributed by atoms with van der Waals surface area (Å²) in [5.74, 6) is -2.18. The summed E-state index contributed by atoms with van der Waals surface area (Å²) in [5, 5.41) is 2.62. The molecular weight excluding hydrogens is 268 g/mol. The summed E-state index contributed by atoms with van der Waals surface area (Å²) < 4.78 is 26.3. The molecule has 19 heavy (non-hydrogen) atoms. The molecule has 0 aromatic heterocycles. The van der Waals surface area contributed by atoms with Crippen LogP contribution in [0, 0.1) is 11.6 Å². The van der Waals surface area contributed by atoms with E-state index in [1.165, 1.54) is 11.8 Å². The minimum Gasteiger partial charge on any atom is -0.321 e. The number of amides is 1. The van der Waals surface area contributed by atoms with Crippen molar-refractivity contribution in [2.24, 2.45) is 0 Å². The summed E-state index contributed by atoms with van der Waals surface area (Å²) in [6, 6.07) is 10.1. The average molecular weight is 279 g/mol. The van der Waals surface area contributed by atoms with Crippen LogP contribution < -0.4 is 5.32 Å². The Labute approximate surface area is 113 Å². The second-order valence-electron chi connectivity index (χ2n) is 3.78. The van der Waals surface area contributed by atoms with E-state index in [9.17, 15) is 13.6 Å². The van der Waals surface area contributed by atoms with Crippen LogP contribution >= 0.6 is 11.8 Å². The zero-order valence-electron chi connectivity index (χ0n) is 10.1. The normalized spacial score (nSPS) is 10.3. The van der Waals surface area contributed by atoms with Crippen molar-refractivity contribution in [2.45, 2.75) is 4.90 Å². The Kier molecular flexibility index (Phi) is 4.16. The monoisotopic (exact) mass is 279 g/mol. The fourth-order valence-electron chi connectivity index (χ4n) is 1.61. The maximum Gasteiger partial charge on any atom is 0.258 e. The van der Waals surface area contributed by atoms with E-state index in [2.05, 4.69) is 5.32 Å². The van der Waals surface area contributed by atoms with Gasteiger partial charge in [0, 0.05) is 11.0 Å². The summed E-state index contributed by atoms with van der Waals surface area (Å²) in [5.41, 5.74) is 0.418. The van der Waals surface area contributed by atoms with Crippen molar-refractivity contribution < 1.29 is 13.6 Å². The number of para-hydroxylation sites is 1. The number of thioether (sulfide) groups is 1. The molecule has 0 atom stereocenters. The third-order valence-corrected chi connectivity index (χ3v) is 3.33.